The molecular formula is C16H18N2OS. The number of anilines is 1. The number of hydrogen-bond acceptors (Lipinski definition) is 3. The number of nitrogens with two attached hydrogens (primary N) is 1. The van der Waals surface area contributed by atoms with E-state index in [2.05, 4.69) is 5.32 Å². The van der Waals surface area contributed by atoms with Gasteiger partial charge in [0.05, 0.1) is 4.88 Å². The highest BCUT2D eigenvalue weighted by Gasteiger charge is 2.40. The number of hydrogen-bond donors (Lipinski definition) is 2. The van der Waals surface area contributed by atoms with Crippen molar-refractivity contribution in [3.8, 4) is 0 Å². The molecule has 4 heteroatoms. The molecule has 2 saturated carbocycles. The Morgan fingerprint density at radius 3 is 2.90 bits per heavy atom. The van der Waals surface area contributed by atoms with Crippen LogP contribution >= 0.6 is 11.3 Å². The number of carbonyl (C=O) groups is 1. The van der Waals surface area contributed by atoms with Gasteiger partial charge in [0.2, 0.25) is 0 Å². The molecule has 2 fully saturated rings. The van der Waals surface area contributed by atoms with Crippen molar-refractivity contribution in [2.45, 2.75) is 31.7 Å². The smallest absolute Gasteiger partial charge is 0.261 e. The van der Waals surface area contributed by atoms with E-state index >= 15 is 0 Å². The Morgan fingerprint density at radius 2 is 2.15 bits per heavy atom. The zero-order chi connectivity index (χ0) is 13.7. The molecule has 0 saturated heterocycles. The fourth-order valence-corrected chi connectivity index (χ4v) is 4.78. The van der Waals surface area contributed by atoms with Crippen LogP contribution in [-0.2, 0) is 0 Å². The van der Waals surface area contributed by atoms with Gasteiger partial charge in [-0.3, -0.25) is 4.79 Å². The fourth-order valence-electron chi connectivity index (χ4n) is 3.83. The van der Waals surface area contributed by atoms with Gasteiger partial charge in [-0.15, -0.1) is 11.3 Å². The molecule has 0 spiro atoms. The number of fused-ring (bicyclic) bond motifs is 3. The summed E-state index contributed by atoms with van der Waals surface area (Å²) >= 11 is 1.55. The summed E-state index contributed by atoms with van der Waals surface area (Å²) in [7, 11) is 0. The summed E-state index contributed by atoms with van der Waals surface area (Å²) < 4.78 is 1.12. The summed E-state index contributed by atoms with van der Waals surface area (Å²) in [6.07, 6.45) is 5.14. The van der Waals surface area contributed by atoms with Gasteiger partial charge in [-0.1, -0.05) is 6.42 Å². The molecule has 3 atom stereocenters. The first-order chi connectivity index (χ1) is 9.69. The summed E-state index contributed by atoms with van der Waals surface area (Å²) in [4.78, 5) is 13.2. The number of nitrogens with one attached hydrogen (secondary N) is 1. The first-order valence-corrected chi connectivity index (χ1v) is 8.10. The molecule has 2 aliphatic rings. The van der Waals surface area contributed by atoms with Crippen LogP contribution in [0.1, 0.15) is 35.4 Å². The molecule has 0 radical (unpaired) electrons. The lowest BCUT2D eigenvalue weighted by molar-refractivity contribution is 0.0927. The number of amides is 1. The standard InChI is InChI=1S/C16H18N2OS/c17-12-3-4-14-11(7-12)8-15(20-14)16(19)18-13-6-9-1-2-10(13)5-9/h3-4,7-10,13H,1-2,5-6,17H2,(H,18,19). The van der Waals surface area contributed by atoms with Crippen molar-refractivity contribution >= 4 is 33.0 Å². The molecule has 1 aromatic heterocycles. The Labute approximate surface area is 122 Å². The summed E-state index contributed by atoms with van der Waals surface area (Å²) in [5.41, 5.74) is 6.53. The van der Waals surface area contributed by atoms with Crippen LogP contribution in [0, 0.1) is 11.8 Å². The Morgan fingerprint density at radius 1 is 1.25 bits per heavy atom. The molecule has 0 aliphatic heterocycles. The van der Waals surface area contributed by atoms with Crippen LogP contribution in [0.3, 0.4) is 0 Å². The van der Waals surface area contributed by atoms with E-state index in [1.165, 1.54) is 25.7 Å². The molecule has 3 nitrogen and oxygen atoms in total. The second kappa shape index (κ2) is 4.48. The quantitative estimate of drug-likeness (QED) is 0.831. The van der Waals surface area contributed by atoms with Gasteiger partial charge in [-0.25, -0.2) is 0 Å². The van der Waals surface area contributed by atoms with E-state index in [1.54, 1.807) is 11.3 Å². The van der Waals surface area contributed by atoms with Crippen molar-refractivity contribution in [1.82, 2.24) is 5.32 Å². The monoisotopic (exact) mass is 286 g/mol. The molecule has 1 amide bonds. The predicted octanol–water partition coefficient (Wildman–Crippen LogP) is 3.40. The van der Waals surface area contributed by atoms with Gasteiger partial charge in [0.1, 0.15) is 0 Å². The minimum atomic E-state index is 0.0855. The van der Waals surface area contributed by atoms with Crippen LogP contribution in [0.25, 0.3) is 10.1 Å². The maximum Gasteiger partial charge on any atom is 0.261 e. The maximum absolute atomic E-state index is 12.4. The molecular weight excluding hydrogens is 268 g/mol. The molecule has 2 aromatic rings. The summed E-state index contributed by atoms with van der Waals surface area (Å²) in [5.74, 6) is 1.66. The van der Waals surface area contributed by atoms with Crippen LogP contribution < -0.4 is 11.1 Å². The van der Waals surface area contributed by atoms with E-state index in [0.717, 1.165) is 26.6 Å². The predicted molar refractivity (Wildman–Crippen MR) is 82.9 cm³/mol. The van der Waals surface area contributed by atoms with Gasteiger partial charge in [-0.05, 0) is 60.7 Å². The van der Waals surface area contributed by atoms with Crippen molar-refractivity contribution in [1.29, 1.82) is 0 Å². The lowest BCUT2D eigenvalue weighted by Gasteiger charge is -2.22. The number of thiophene rings is 1. The minimum absolute atomic E-state index is 0.0855. The van der Waals surface area contributed by atoms with Crippen molar-refractivity contribution in [3.63, 3.8) is 0 Å². The van der Waals surface area contributed by atoms with E-state index in [9.17, 15) is 4.79 Å². The van der Waals surface area contributed by atoms with E-state index in [1.807, 2.05) is 24.3 Å². The van der Waals surface area contributed by atoms with Gasteiger partial charge < -0.3 is 11.1 Å². The van der Waals surface area contributed by atoms with E-state index < -0.39 is 0 Å². The Hall–Kier alpha value is -1.55. The highest BCUT2D eigenvalue weighted by atomic mass is 32.1. The lowest BCUT2D eigenvalue weighted by Crippen LogP contribution is -2.38. The number of benzene rings is 1. The average Bonchev–Trinajstić information content (AvgIpc) is 3.11. The minimum Gasteiger partial charge on any atom is -0.399 e. The third-order valence-electron chi connectivity index (χ3n) is 4.82. The Bertz CT molecular complexity index is 678. The highest BCUT2D eigenvalue weighted by Crippen LogP contribution is 2.44. The molecule has 4 rings (SSSR count). The van der Waals surface area contributed by atoms with Crippen molar-refractivity contribution < 1.29 is 4.79 Å². The lowest BCUT2D eigenvalue weighted by atomic mass is 9.95. The molecule has 2 aliphatic carbocycles. The zero-order valence-electron chi connectivity index (χ0n) is 11.3. The van der Waals surface area contributed by atoms with E-state index in [0.29, 0.717) is 12.0 Å². The Balaban J connectivity index is 1.54. The molecule has 20 heavy (non-hydrogen) atoms. The SMILES string of the molecule is Nc1ccc2sc(C(=O)NC3CC4CCC3C4)cc2c1. The fraction of sp³-hybridized carbons (Fsp3) is 0.438. The average molecular weight is 286 g/mol. The third-order valence-corrected chi connectivity index (χ3v) is 5.93. The topological polar surface area (TPSA) is 55.1 Å². The third kappa shape index (κ3) is 1.99. The number of carbonyl (C=O) groups excluding carboxylic acids is 1. The highest BCUT2D eigenvalue weighted by molar-refractivity contribution is 7.20. The maximum atomic E-state index is 12.4. The molecule has 3 N–H and O–H groups in total. The summed E-state index contributed by atoms with van der Waals surface area (Å²) in [6, 6.07) is 8.16. The van der Waals surface area contributed by atoms with Crippen LogP contribution in [-0.4, -0.2) is 11.9 Å². The second-order valence-corrected chi connectivity index (χ2v) is 7.25. The Kier molecular flexibility index (Phi) is 2.74. The van der Waals surface area contributed by atoms with Gasteiger partial charge in [0.15, 0.2) is 0 Å². The normalized spacial score (nSPS) is 28.1. The zero-order valence-corrected chi connectivity index (χ0v) is 12.1. The number of nitrogen functional groups attached to an aromatic ring is 1. The van der Waals surface area contributed by atoms with Crippen molar-refractivity contribution in [3.05, 3.63) is 29.1 Å². The summed E-state index contributed by atoms with van der Waals surface area (Å²) in [5, 5.41) is 4.31. The first-order valence-electron chi connectivity index (χ1n) is 7.29. The first kappa shape index (κ1) is 12.2. The van der Waals surface area contributed by atoms with Crippen LogP contribution in [0.2, 0.25) is 0 Å². The van der Waals surface area contributed by atoms with Crippen LogP contribution in [0.5, 0.6) is 0 Å². The van der Waals surface area contributed by atoms with Crippen LogP contribution in [0.4, 0.5) is 5.69 Å². The van der Waals surface area contributed by atoms with Gasteiger partial charge in [-0.2, -0.15) is 0 Å². The molecule has 3 unspecified atom stereocenters. The largest absolute Gasteiger partial charge is 0.399 e. The van der Waals surface area contributed by atoms with Gasteiger partial charge in [0, 0.05) is 16.4 Å². The van der Waals surface area contributed by atoms with Crippen molar-refractivity contribution in [2.75, 3.05) is 5.73 Å². The van der Waals surface area contributed by atoms with Crippen molar-refractivity contribution in [2.24, 2.45) is 11.8 Å². The second-order valence-electron chi connectivity index (χ2n) is 6.16. The molecule has 1 aromatic carbocycles. The number of rotatable bonds is 2. The molecule has 2 bridgehead atoms. The van der Waals surface area contributed by atoms with Gasteiger partial charge >= 0.3 is 0 Å². The van der Waals surface area contributed by atoms with E-state index in [-0.39, 0.29) is 5.91 Å². The van der Waals surface area contributed by atoms with Gasteiger partial charge in [0.25, 0.3) is 5.91 Å². The van der Waals surface area contributed by atoms with E-state index in [4.69, 9.17) is 5.73 Å². The molecule has 1 heterocycles. The summed E-state index contributed by atoms with van der Waals surface area (Å²) in [6.45, 7) is 0. The van der Waals surface area contributed by atoms with Crippen LogP contribution in [0.15, 0.2) is 24.3 Å². The molecule has 104 valence electrons.